The van der Waals surface area contributed by atoms with E-state index < -0.39 is 0 Å². The van der Waals surface area contributed by atoms with Gasteiger partial charge in [-0.05, 0) is 25.7 Å². The first-order valence-electron chi connectivity index (χ1n) is 5.83. The van der Waals surface area contributed by atoms with Crippen LogP contribution in [0.4, 0.5) is 0 Å². The Morgan fingerprint density at radius 1 is 0.929 bits per heavy atom. The molecule has 78 valence electrons. The van der Waals surface area contributed by atoms with Crippen molar-refractivity contribution in [3.05, 3.63) is 0 Å². The van der Waals surface area contributed by atoms with E-state index in [-0.39, 0.29) is 17.7 Å². The third-order valence-corrected chi connectivity index (χ3v) is 4.62. The smallest absolute Gasteiger partial charge is 0.273 e. The summed E-state index contributed by atoms with van der Waals surface area (Å²) in [6.07, 6.45) is 8.75. The quantitative estimate of drug-likeness (QED) is 0.592. The standard InChI is InChI=1S/C11H16O3/c1-2-5-11-7-8-3-6-10(11,4-1)13-9(12-8)14-11/h8-9H,1-7H2. The van der Waals surface area contributed by atoms with E-state index in [9.17, 15) is 0 Å². The molecular formula is C11H16O3. The summed E-state index contributed by atoms with van der Waals surface area (Å²) in [5.41, 5.74) is 0.0694. The molecular weight excluding hydrogens is 180 g/mol. The van der Waals surface area contributed by atoms with Crippen molar-refractivity contribution in [2.24, 2.45) is 0 Å². The molecule has 4 atom stereocenters. The van der Waals surface area contributed by atoms with Crippen molar-refractivity contribution in [3.63, 3.8) is 0 Å². The highest BCUT2D eigenvalue weighted by atomic mass is 16.9. The van der Waals surface area contributed by atoms with Crippen molar-refractivity contribution in [2.75, 3.05) is 0 Å². The van der Waals surface area contributed by atoms with Crippen molar-refractivity contribution < 1.29 is 14.2 Å². The van der Waals surface area contributed by atoms with Crippen LogP contribution < -0.4 is 0 Å². The molecule has 3 bridgehead atoms. The van der Waals surface area contributed by atoms with Gasteiger partial charge in [0.2, 0.25) is 0 Å². The fourth-order valence-electron chi connectivity index (χ4n) is 3.94. The number of hydrogen-bond acceptors (Lipinski definition) is 3. The van der Waals surface area contributed by atoms with Crippen molar-refractivity contribution in [2.45, 2.75) is 68.7 Å². The van der Waals surface area contributed by atoms with Crippen molar-refractivity contribution in [3.8, 4) is 0 Å². The summed E-state index contributed by atoms with van der Waals surface area (Å²) in [6, 6.07) is 0. The van der Waals surface area contributed by atoms with E-state index in [1.807, 2.05) is 0 Å². The molecule has 3 nitrogen and oxygen atoms in total. The molecule has 4 aliphatic rings. The van der Waals surface area contributed by atoms with Crippen LogP contribution in [0.2, 0.25) is 0 Å². The summed E-state index contributed by atoms with van der Waals surface area (Å²) < 4.78 is 17.7. The van der Waals surface area contributed by atoms with Gasteiger partial charge < -0.3 is 14.2 Å². The van der Waals surface area contributed by atoms with Gasteiger partial charge in [-0.1, -0.05) is 12.8 Å². The Bertz CT molecular complexity index is 270. The Morgan fingerprint density at radius 3 is 2.64 bits per heavy atom. The molecule has 4 fully saturated rings. The van der Waals surface area contributed by atoms with Gasteiger partial charge in [0.15, 0.2) is 0 Å². The molecule has 1 spiro atoms. The monoisotopic (exact) mass is 196 g/mol. The van der Waals surface area contributed by atoms with Crippen LogP contribution in [0, 0.1) is 0 Å². The van der Waals surface area contributed by atoms with E-state index in [0.29, 0.717) is 6.10 Å². The molecule has 14 heavy (non-hydrogen) atoms. The maximum absolute atomic E-state index is 6.01. The zero-order valence-electron chi connectivity index (χ0n) is 8.33. The van der Waals surface area contributed by atoms with Crippen LogP contribution in [0.25, 0.3) is 0 Å². The largest absolute Gasteiger partial charge is 0.326 e. The minimum atomic E-state index is -0.339. The average Bonchev–Trinajstić information content (AvgIpc) is 2.33. The normalized spacial score (nSPS) is 60.0. The molecule has 2 aliphatic heterocycles. The third kappa shape index (κ3) is 0.765. The minimum absolute atomic E-state index is 0.0307. The fraction of sp³-hybridized carbons (Fsp3) is 1.00. The molecule has 4 rings (SSSR count). The summed E-state index contributed by atoms with van der Waals surface area (Å²) >= 11 is 0. The second-order valence-electron chi connectivity index (χ2n) is 5.22. The molecule has 0 aromatic carbocycles. The number of rotatable bonds is 0. The molecule has 0 N–H and O–H groups in total. The Hall–Kier alpha value is -0.120. The number of hydrogen-bond donors (Lipinski definition) is 0. The Kier molecular flexibility index (Phi) is 1.35. The van der Waals surface area contributed by atoms with Crippen LogP contribution in [-0.2, 0) is 14.2 Å². The SMILES string of the molecule is C1CCC23CC4CCC2(C1)OC(O4)O3. The highest BCUT2D eigenvalue weighted by molar-refractivity contribution is 5.13. The van der Waals surface area contributed by atoms with Gasteiger partial charge in [-0.25, -0.2) is 0 Å². The van der Waals surface area contributed by atoms with Crippen LogP contribution in [0.1, 0.15) is 44.9 Å². The van der Waals surface area contributed by atoms with E-state index in [1.165, 1.54) is 32.1 Å². The summed E-state index contributed by atoms with van der Waals surface area (Å²) in [5.74, 6) is 0. The maximum Gasteiger partial charge on any atom is 0.273 e. The van der Waals surface area contributed by atoms with Gasteiger partial charge in [-0.15, -0.1) is 0 Å². The molecule has 3 heteroatoms. The molecule has 0 radical (unpaired) electrons. The highest BCUT2D eigenvalue weighted by Gasteiger charge is 2.67. The lowest BCUT2D eigenvalue weighted by molar-refractivity contribution is -0.302. The summed E-state index contributed by atoms with van der Waals surface area (Å²) in [6.45, 7) is -0.339. The zero-order chi connectivity index (χ0) is 9.23. The average molecular weight is 196 g/mol. The highest BCUT2D eigenvalue weighted by Crippen LogP contribution is 2.59. The van der Waals surface area contributed by atoms with Gasteiger partial charge >= 0.3 is 0 Å². The Morgan fingerprint density at radius 2 is 1.71 bits per heavy atom. The van der Waals surface area contributed by atoms with Gasteiger partial charge in [0.25, 0.3) is 6.48 Å². The predicted octanol–water partition coefficient (Wildman–Crippen LogP) is 1.95. The van der Waals surface area contributed by atoms with E-state index in [2.05, 4.69) is 0 Å². The first-order valence-corrected chi connectivity index (χ1v) is 5.83. The van der Waals surface area contributed by atoms with Gasteiger partial charge in [0, 0.05) is 6.42 Å². The Labute approximate surface area is 83.7 Å². The zero-order valence-corrected chi connectivity index (χ0v) is 8.33. The number of fused-ring (bicyclic) bond motifs is 2. The second-order valence-corrected chi connectivity index (χ2v) is 5.22. The topological polar surface area (TPSA) is 27.7 Å². The molecule has 4 unspecified atom stereocenters. The van der Waals surface area contributed by atoms with E-state index >= 15 is 0 Å². The van der Waals surface area contributed by atoms with Crippen LogP contribution in [0.3, 0.4) is 0 Å². The lowest BCUT2D eigenvalue weighted by Gasteiger charge is -2.51. The molecule has 0 aromatic heterocycles. The van der Waals surface area contributed by atoms with Crippen molar-refractivity contribution >= 4 is 0 Å². The molecule has 2 aliphatic carbocycles. The van der Waals surface area contributed by atoms with Gasteiger partial charge in [-0.2, -0.15) is 0 Å². The van der Waals surface area contributed by atoms with Crippen LogP contribution in [-0.4, -0.2) is 23.8 Å². The van der Waals surface area contributed by atoms with Gasteiger partial charge in [0.1, 0.15) is 11.2 Å². The third-order valence-electron chi connectivity index (χ3n) is 4.62. The molecule has 2 saturated carbocycles. The minimum Gasteiger partial charge on any atom is -0.326 e. The van der Waals surface area contributed by atoms with Crippen LogP contribution >= 0.6 is 0 Å². The summed E-state index contributed by atoms with van der Waals surface area (Å²) in [4.78, 5) is 0. The van der Waals surface area contributed by atoms with Crippen molar-refractivity contribution in [1.82, 2.24) is 0 Å². The Balaban J connectivity index is 1.83. The summed E-state index contributed by atoms with van der Waals surface area (Å²) in [5, 5.41) is 0. The molecule has 2 heterocycles. The first kappa shape index (κ1) is 8.08. The maximum atomic E-state index is 6.01. The van der Waals surface area contributed by atoms with Gasteiger partial charge in [-0.3, -0.25) is 0 Å². The number of ether oxygens (including phenoxy) is 3. The second kappa shape index (κ2) is 2.34. The molecule has 0 aromatic rings. The van der Waals surface area contributed by atoms with E-state index in [4.69, 9.17) is 14.2 Å². The summed E-state index contributed by atoms with van der Waals surface area (Å²) in [7, 11) is 0. The fourth-order valence-corrected chi connectivity index (χ4v) is 3.94. The lowest BCUT2D eigenvalue weighted by atomic mass is 9.63. The van der Waals surface area contributed by atoms with Crippen molar-refractivity contribution in [1.29, 1.82) is 0 Å². The lowest BCUT2D eigenvalue weighted by Crippen LogP contribution is -2.59. The van der Waals surface area contributed by atoms with E-state index in [1.54, 1.807) is 0 Å². The van der Waals surface area contributed by atoms with Crippen LogP contribution in [0.5, 0.6) is 0 Å². The van der Waals surface area contributed by atoms with Gasteiger partial charge in [0.05, 0.1) is 6.10 Å². The first-order chi connectivity index (χ1) is 6.82. The van der Waals surface area contributed by atoms with E-state index in [0.717, 1.165) is 12.8 Å². The predicted molar refractivity (Wildman–Crippen MR) is 48.6 cm³/mol. The van der Waals surface area contributed by atoms with Crippen LogP contribution in [0.15, 0.2) is 0 Å². The molecule has 2 saturated heterocycles. The molecule has 0 amide bonds.